The van der Waals surface area contributed by atoms with Gasteiger partial charge in [0.2, 0.25) is 5.91 Å². The zero-order chi connectivity index (χ0) is 22.9. The smallest absolute Gasteiger partial charge is 0.266 e. The van der Waals surface area contributed by atoms with Gasteiger partial charge in [0.15, 0.2) is 16.6 Å². The largest absolute Gasteiger partial charge is 0.325 e. The number of rotatable bonds is 5. The van der Waals surface area contributed by atoms with Crippen LogP contribution >= 0.6 is 11.8 Å². The SMILES string of the molecule is CC(C)(C)c1ccc(-c2nc(SCC(=O)Nc3ccc(F)cc3)n3[nH]c(=O)cc3n2)cc1. The Morgan fingerprint density at radius 3 is 2.44 bits per heavy atom. The number of aromatic amines is 1. The van der Waals surface area contributed by atoms with Gasteiger partial charge in [0.05, 0.1) is 5.75 Å². The van der Waals surface area contributed by atoms with Crippen LogP contribution in [0.2, 0.25) is 0 Å². The van der Waals surface area contributed by atoms with Crippen LogP contribution in [-0.2, 0) is 10.2 Å². The molecule has 0 aliphatic carbocycles. The van der Waals surface area contributed by atoms with Crippen LogP contribution in [-0.4, -0.2) is 31.2 Å². The summed E-state index contributed by atoms with van der Waals surface area (Å²) in [6.07, 6.45) is 0. The van der Waals surface area contributed by atoms with Crippen LogP contribution in [0.25, 0.3) is 17.0 Å². The molecule has 2 N–H and O–H groups in total. The predicted molar refractivity (Wildman–Crippen MR) is 123 cm³/mol. The van der Waals surface area contributed by atoms with Crippen molar-refractivity contribution < 1.29 is 9.18 Å². The molecule has 0 saturated carbocycles. The summed E-state index contributed by atoms with van der Waals surface area (Å²) >= 11 is 1.17. The molecule has 0 atom stereocenters. The molecule has 0 unspecified atom stereocenters. The summed E-state index contributed by atoms with van der Waals surface area (Å²) in [7, 11) is 0. The lowest BCUT2D eigenvalue weighted by Gasteiger charge is -2.19. The zero-order valence-corrected chi connectivity index (χ0v) is 18.7. The van der Waals surface area contributed by atoms with Gasteiger partial charge < -0.3 is 5.32 Å². The van der Waals surface area contributed by atoms with Crippen LogP contribution in [0, 0.1) is 5.82 Å². The molecule has 164 valence electrons. The van der Waals surface area contributed by atoms with Crippen LogP contribution in [0.5, 0.6) is 0 Å². The minimum atomic E-state index is -0.375. The van der Waals surface area contributed by atoms with E-state index in [1.807, 2.05) is 24.3 Å². The highest BCUT2D eigenvalue weighted by Crippen LogP contribution is 2.26. The molecule has 0 fully saturated rings. The summed E-state index contributed by atoms with van der Waals surface area (Å²) in [5.41, 5.74) is 2.63. The Morgan fingerprint density at radius 2 is 1.78 bits per heavy atom. The number of H-pyrrole nitrogens is 1. The van der Waals surface area contributed by atoms with E-state index in [0.29, 0.717) is 22.3 Å². The number of thioether (sulfide) groups is 1. The molecule has 2 heterocycles. The van der Waals surface area contributed by atoms with Crippen LogP contribution in [0.4, 0.5) is 10.1 Å². The van der Waals surface area contributed by atoms with Crippen molar-refractivity contribution in [1.29, 1.82) is 0 Å². The zero-order valence-electron chi connectivity index (χ0n) is 17.8. The molecule has 0 spiro atoms. The Kier molecular flexibility index (Phi) is 5.84. The van der Waals surface area contributed by atoms with Gasteiger partial charge in [0, 0.05) is 17.3 Å². The van der Waals surface area contributed by atoms with E-state index in [9.17, 15) is 14.0 Å². The molecule has 0 radical (unpaired) electrons. The summed E-state index contributed by atoms with van der Waals surface area (Å²) < 4.78 is 14.5. The number of hydrogen-bond donors (Lipinski definition) is 2. The third kappa shape index (κ3) is 4.88. The van der Waals surface area contributed by atoms with E-state index in [-0.39, 0.29) is 28.5 Å². The summed E-state index contributed by atoms with van der Waals surface area (Å²) in [5.74, 6) is -0.142. The molecule has 0 aliphatic heterocycles. The van der Waals surface area contributed by atoms with Crippen molar-refractivity contribution in [1.82, 2.24) is 19.6 Å². The Balaban J connectivity index is 1.59. The highest BCUT2D eigenvalue weighted by Gasteiger charge is 2.16. The summed E-state index contributed by atoms with van der Waals surface area (Å²) in [6.45, 7) is 6.42. The topological polar surface area (TPSA) is 92.2 Å². The molecule has 4 aromatic rings. The molecule has 32 heavy (non-hydrogen) atoms. The number of nitrogens with one attached hydrogen (secondary N) is 2. The van der Waals surface area contributed by atoms with Gasteiger partial charge in [-0.15, -0.1) is 0 Å². The van der Waals surface area contributed by atoms with Crippen molar-refractivity contribution in [2.45, 2.75) is 31.3 Å². The number of aromatic nitrogens is 4. The third-order valence-electron chi connectivity index (χ3n) is 4.79. The van der Waals surface area contributed by atoms with Gasteiger partial charge in [-0.3, -0.25) is 14.7 Å². The van der Waals surface area contributed by atoms with E-state index in [1.54, 1.807) is 0 Å². The molecular formula is C23H22FN5O2S. The van der Waals surface area contributed by atoms with Crippen molar-refractivity contribution in [2.75, 3.05) is 11.1 Å². The molecule has 0 saturated heterocycles. The maximum absolute atomic E-state index is 13.0. The van der Waals surface area contributed by atoms with Crippen LogP contribution < -0.4 is 10.9 Å². The minimum absolute atomic E-state index is 0.0240. The molecular weight excluding hydrogens is 429 g/mol. The van der Waals surface area contributed by atoms with Crippen LogP contribution in [0.15, 0.2) is 64.5 Å². The van der Waals surface area contributed by atoms with Gasteiger partial charge in [-0.2, -0.15) is 0 Å². The van der Waals surface area contributed by atoms with Gasteiger partial charge in [-0.25, -0.2) is 18.9 Å². The predicted octanol–water partition coefficient (Wildman–Crippen LogP) is 4.25. The normalized spacial score (nSPS) is 11.6. The summed E-state index contributed by atoms with van der Waals surface area (Å²) in [5, 5.41) is 5.80. The van der Waals surface area contributed by atoms with E-state index in [0.717, 1.165) is 5.56 Å². The molecule has 2 aromatic heterocycles. The maximum Gasteiger partial charge on any atom is 0.266 e. The standard InChI is InChI=1S/C23H22FN5O2S/c1-23(2,3)15-6-4-14(5-7-15)21-26-18-12-19(30)28-29(18)22(27-21)32-13-20(31)25-17-10-8-16(24)9-11-17/h4-12H,13H2,1-3H3,(H,25,31)(H,28,30). The highest BCUT2D eigenvalue weighted by molar-refractivity contribution is 7.99. The van der Waals surface area contributed by atoms with Crippen molar-refractivity contribution in [3.63, 3.8) is 0 Å². The highest BCUT2D eigenvalue weighted by atomic mass is 32.2. The summed E-state index contributed by atoms with van der Waals surface area (Å²) in [6, 6.07) is 14.9. The number of fused-ring (bicyclic) bond motifs is 1. The number of carbonyl (C=O) groups excluding carboxylic acids is 1. The van der Waals surface area contributed by atoms with Crippen molar-refractivity contribution in [2.24, 2.45) is 0 Å². The van der Waals surface area contributed by atoms with Crippen LogP contribution in [0.3, 0.4) is 0 Å². The average Bonchev–Trinajstić information content (AvgIpc) is 3.13. The number of anilines is 1. The fourth-order valence-electron chi connectivity index (χ4n) is 3.09. The summed E-state index contributed by atoms with van der Waals surface area (Å²) in [4.78, 5) is 33.3. The number of hydrogen-bond acceptors (Lipinski definition) is 5. The number of carbonyl (C=O) groups is 1. The Hall–Kier alpha value is -3.46. The van der Waals surface area contributed by atoms with Gasteiger partial charge >= 0.3 is 0 Å². The lowest BCUT2D eigenvalue weighted by Crippen LogP contribution is -2.15. The average molecular weight is 452 g/mol. The van der Waals surface area contributed by atoms with Gasteiger partial charge in [0.1, 0.15) is 5.82 Å². The van der Waals surface area contributed by atoms with E-state index in [1.165, 1.54) is 52.2 Å². The molecule has 0 aliphatic rings. The Labute approximate surface area is 188 Å². The first kappa shape index (κ1) is 21.8. The first-order chi connectivity index (χ1) is 15.2. The lowest BCUT2D eigenvalue weighted by atomic mass is 9.87. The van der Waals surface area contributed by atoms with Gasteiger partial charge in [-0.05, 0) is 35.2 Å². The fourth-order valence-corrected chi connectivity index (χ4v) is 3.84. The number of halogens is 1. The van der Waals surface area contributed by atoms with E-state index < -0.39 is 0 Å². The first-order valence-corrected chi connectivity index (χ1v) is 11.0. The van der Waals surface area contributed by atoms with E-state index in [2.05, 4.69) is 41.2 Å². The molecule has 4 rings (SSSR count). The van der Waals surface area contributed by atoms with Crippen LogP contribution in [0.1, 0.15) is 26.3 Å². The molecule has 7 nitrogen and oxygen atoms in total. The molecule has 2 aromatic carbocycles. The Morgan fingerprint density at radius 1 is 1.09 bits per heavy atom. The third-order valence-corrected chi connectivity index (χ3v) is 5.73. The number of amides is 1. The molecule has 0 bridgehead atoms. The fraction of sp³-hybridized carbons (Fsp3) is 0.217. The first-order valence-electron chi connectivity index (χ1n) is 9.98. The number of benzene rings is 2. The van der Waals surface area contributed by atoms with Crippen molar-refractivity contribution in [3.05, 3.63) is 76.3 Å². The minimum Gasteiger partial charge on any atom is -0.325 e. The molecule has 1 amide bonds. The van der Waals surface area contributed by atoms with E-state index >= 15 is 0 Å². The van der Waals surface area contributed by atoms with E-state index in [4.69, 9.17) is 0 Å². The van der Waals surface area contributed by atoms with Crippen molar-refractivity contribution in [3.8, 4) is 11.4 Å². The van der Waals surface area contributed by atoms with Gasteiger partial charge in [0.25, 0.3) is 5.56 Å². The maximum atomic E-state index is 13.0. The quantitative estimate of drug-likeness (QED) is 0.443. The second-order valence-electron chi connectivity index (χ2n) is 8.31. The lowest BCUT2D eigenvalue weighted by molar-refractivity contribution is -0.113. The second kappa shape index (κ2) is 8.58. The monoisotopic (exact) mass is 451 g/mol. The Bertz CT molecular complexity index is 1320. The van der Waals surface area contributed by atoms with Gasteiger partial charge in [-0.1, -0.05) is 56.8 Å². The molecule has 9 heteroatoms. The second-order valence-corrected chi connectivity index (χ2v) is 9.26. The van der Waals surface area contributed by atoms with Crippen molar-refractivity contribution >= 4 is 29.0 Å². The number of nitrogens with zero attached hydrogens (tertiary/aromatic N) is 3.